The Morgan fingerprint density at radius 3 is 2.78 bits per heavy atom. The van der Waals surface area contributed by atoms with E-state index in [9.17, 15) is 0 Å². The second-order valence-electron chi connectivity index (χ2n) is 3.61. The van der Waals surface area contributed by atoms with E-state index in [1.54, 1.807) is 25.6 Å². The standard InChI is InChI=1S/C12H13ClN4O/c1-18-12-11(15-5-6-16-12)10(17-14)8-3-2-4-9(13)7-8/h2-7,10,17H,14H2,1H3. The maximum Gasteiger partial charge on any atom is 0.237 e. The van der Waals surface area contributed by atoms with Crippen molar-refractivity contribution in [3.05, 3.63) is 52.9 Å². The van der Waals surface area contributed by atoms with Gasteiger partial charge in [0.05, 0.1) is 13.2 Å². The SMILES string of the molecule is COc1nccnc1C(NN)c1cccc(Cl)c1. The third kappa shape index (κ3) is 2.59. The molecule has 0 radical (unpaired) electrons. The van der Waals surface area contributed by atoms with E-state index in [4.69, 9.17) is 22.2 Å². The third-order valence-electron chi connectivity index (χ3n) is 2.51. The van der Waals surface area contributed by atoms with Gasteiger partial charge in [-0.15, -0.1) is 0 Å². The maximum absolute atomic E-state index is 5.97. The number of methoxy groups -OCH3 is 1. The topological polar surface area (TPSA) is 73.1 Å². The summed E-state index contributed by atoms with van der Waals surface area (Å²) in [5, 5.41) is 0.635. The van der Waals surface area contributed by atoms with Crippen LogP contribution in [0.2, 0.25) is 5.02 Å². The lowest BCUT2D eigenvalue weighted by Gasteiger charge is -2.17. The molecule has 0 spiro atoms. The molecule has 1 heterocycles. The fraction of sp³-hybridized carbons (Fsp3) is 0.167. The molecule has 2 rings (SSSR count). The van der Waals surface area contributed by atoms with Gasteiger partial charge in [0.25, 0.3) is 0 Å². The van der Waals surface area contributed by atoms with Crippen molar-refractivity contribution in [1.29, 1.82) is 0 Å². The molecule has 3 N–H and O–H groups in total. The van der Waals surface area contributed by atoms with Gasteiger partial charge in [-0.05, 0) is 17.7 Å². The van der Waals surface area contributed by atoms with Crippen LogP contribution in [-0.2, 0) is 0 Å². The van der Waals surface area contributed by atoms with Crippen LogP contribution in [0.5, 0.6) is 5.88 Å². The normalized spacial score (nSPS) is 12.2. The molecule has 1 unspecified atom stereocenters. The molecule has 2 aromatic rings. The van der Waals surface area contributed by atoms with Gasteiger partial charge in [-0.25, -0.2) is 10.4 Å². The molecule has 18 heavy (non-hydrogen) atoms. The number of nitrogens with one attached hydrogen (secondary N) is 1. The highest BCUT2D eigenvalue weighted by molar-refractivity contribution is 6.30. The molecule has 1 aromatic heterocycles. The molecular formula is C12H13ClN4O. The number of hydrogen-bond donors (Lipinski definition) is 2. The highest BCUT2D eigenvalue weighted by Gasteiger charge is 2.19. The van der Waals surface area contributed by atoms with Gasteiger partial charge >= 0.3 is 0 Å². The molecule has 0 aliphatic carbocycles. The lowest BCUT2D eigenvalue weighted by atomic mass is 10.0. The summed E-state index contributed by atoms with van der Waals surface area (Å²) in [5.74, 6) is 6.03. The van der Waals surface area contributed by atoms with Crippen LogP contribution in [0.3, 0.4) is 0 Å². The van der Waals surface area contributed by atoms with Gasteiger partial charge in [0.15, 0.2) is 0 Å². The molecule has 1 aromatic carbocycles. The largest absolute Gasteiger partial charge is 0.480 e. The summed E-state index contributed by atoms with van der Waals surface area (Å²) in [5.41, 5.74) is 4.20. The summed E-state index contributed by atoms with van der Waals surface area (Å²) in [6.45, 7) is 0. The lowest BCUT2D eigenvalue weighted by Crippen LogP contribution is -2.30. The molecule has 0 saturated heterocycles. The molecule has 5 nitrogen and oxygen atoms in total. The van der Waals surface area contributed by atoms with Crippen molar-refractivity contribution >= 4 is 11.6 Å². The first-order valence-electron chi connectivity index (χ1n) is 5.32. The van der Waals surface area contributed by atoms with Crippen molar-refractivity contribution in [1.82, 2.24) is 15.4 Å². The Balaban J connectivity index is 2.45. The van der Waals surface area contributed by atoms with Crippen molar-refractivity contribution in [3.8, 4) is 5.88 Å². The average molecular weight is 265 g/mol. The minimum absolute atomic E-state index is 0.327. The van der Waals surface area contributed by atoms with Crippen molar-refractivity contribution < 1.29 is 4.74 Å². The molecule has 0 saturated carbocycles. The average Bonchev–Trinajstić information content (AvgIpc) is 2.40. The summed E-state index contributed by atoms with van der Waals surface area (Å²) in [7, 11) is 1.54. The zero-order valence-corrected chi connectivity index (χ0v) is 10.6. The highest BCUT2D eigenvalue weighted by atomic mass is 35.5. The number of benzene rings is 1. The van der Waals surface area contributed by atoms with Gasteiger partial charge in [-0.2, -0.15) is 0 Å². The molecule has 94 valence electrons. The summed E-state index contributed by atoms with van der Waals surface area (Å²) in [6.07, 6.45) is 3.15. The van der Waals surface area contributed by atoms with E-state index in [2.05, 4.69) is 15.4 Å². The second-order valence-corrected chi connectivity index (χ2v) is 4.04. The number of halogens is 1. The maximum atomic E-state index is 5.97. The van der Waals surface area contributed by atoms with Crippen LogP contribution in [-0.4, -0.2) is 17.1 Å². The van der Waals surface area contributed by atoms with Crippen LogP contribution in [0, 0.1) is 0 Å². The molecular weight excluding hydrogens is 252 g/mol. The first kappa shape index (κ1) is 12.8. The van der Waals surface area contributed by atoms with Crippen LogP contribution < -0.4 is 16.0 Å². The Bertz CT molecular complexity index is 535. The first-order chi connectivity index (χ1) is 8.76. The van der Waals surface area contributed by atoms with E-state index in [1.165, 1.54) is 0 Å². The highest BCUT2D eigenvalue weighted by Crippen LogP contribution is 2.26. The molecule has 0 bridgehead atoms. The van der Waals surface area contributed by atoms with Crippen molar-refractivity contribution in [2.45, 2.75) is 6.04 Å². The van der Waals surface area contributed by atoms with E-state index in [-0.39, 0.29) is 6.04 Å². The predicted molar refractivity (Wildman–Crippen MR) is 69.2 cm³/mol. The number of aromatic nitrogens is 2. The smallest absolute Gasteiger partial charge is 0.237 e. The van der Waals surface area contributed by atoms with Crippen molar-refractivity contribution in [3.63, 3.8) is 0 Å². The van der Waals surface area contributed by atoms with Crippen molar-refractivity contribution in [2.75, 3.05) is 7.11 Å². The molecule has 6 heteroatoms. The number of nitrogens with zero attached hydrogens (tertiary/aromatic N) is 2. The van der Waals surface area contributed by atoms with Gasteiger partial charge < -0.3 is 4.74 Å². The lowest BCUT2D eigenvalue weighted by molar-refractivity contribution is 0.383. The number of rotatable bonds is 4. The number of nitrogens with two attached hydrogens (primary N) is 1. The number of ether oxygens (including phenoxy) is 1. The van der Waals surface area contributed by atoms with Crippen LogP contribution in [0.4, 0.5) is 0 Å². The van der Waals surface area contributed by atoms with Crippen LogP contribution in [0.15, 0.2) is 36.7 Å². The Morgan fingerprint density at radius 2 is 2.11 bits per heavy atom. The van der Waals surface area contributed by atoms with Gasteiger partial charge in [0.2, 0.25) is 5.88 Å². The summed E-state index contributed by atoms with van der Waals surface area (Å²) in [6, 6.07) is 7.05. The van der Waals surface area contributed by atoms with E-state index >= 15 is 0 Å². The van der Waals surface area contributed by atoms with E-state index in [1.807, 2.05) is 18.2 Å². The Kier molecular flexibility index (Phi) is 4.09. The van der Waals surface area contributed by atoms with Crippen LogP contribution in [0.25, 0.3) is 0 Å². The van der Waals surface area contributed by atoms with Gasteiger partial charge in [-0.3, -0.25) is 10.8 Å². The molecule has 0 fully saturated rings. The van der Waals surface area contributed by atoms with Crippen molar-refractivity contribution in [2.24, 2.45) is 5.84 Å². The first-order valence-corrected chi connectivity index (χ1v) is 5.70. The van der Waals surface area contributed by atoms with Gasteiger partial charge in [-0.1, -0.05) is 23.7 Å². The quantitative estimate of drug-likeness (QED) is 0.649. The van der Waals surface area contributed by atoms with Gasteiger partial charge in [0, 0.05) is 17.4 Å². The zero-order valence-electron chi connectivity index (χ0n) is 9.80. The Labute approximate surface area is 110 Å². The summed E-state index contributed by atoms with van der Waals surface area (Å²) >= 11 is 5.97. The fourth-order valence-corrected chi connectivity index (χ4v) is 1.91. The number of hydrazine groups is 1. The Morgan fingerprint density at radius 1 is 1.33 bits per heavy atom. The van der Waals surface area contributed by atoms with Crippen LogP contribution in [0.1, 0.15) is 17.3 Å². The zero-order chi connectivity index (χ0) is 13.0. The summed E-state index contributed by atoms with van der Waals surface area (Å²) < 4.78 is 5.18. The molecule has 1 atom stereocenters. The fourth-order valence-electron chi connectivity index (χ4n) is 1.71. The van der Waals surface area contributed by atoms with Crippen LogP contribution >= 0.6 is 11.6 Å². The monoisotopic (exact) mass is 264 g/mol. The number of hydrogen-bond acceptors (Lipinski definition) is 5. The molecule has 0 aliphatic heterocycles. The second kappa shape index (κ2) is 5.77. The van der Waals surface area contributed by atoms with E-state index < -0.39 is 0 Å². The minimum Gasteiger partial charge on any atom is -0.480 e. The Hall–Kier alpha value is -1.69. The molecule has 0 aliphatic rings. The molecule has 0 amide bonds. The summed E-state index contributed by atoms with van der Waals surface area (Å²) in [4.78, 5) is 8.35. The third-order valence-corrected chi connectivity index (χ3v) is 2.74. The van der Waals surface area contributed by atoms with E-state index in [0.29, 0.717) is 16.6 Å². The van der Waals surface area contributed by atoms with Gasteiger partial charge in [0.1, 0.15) is 5.69 Å². The minimum atomic E-state index is -0.327. The van der Waals surface area contributed by atoms with E-state index in [0.717, 1.165) is 5.56 Å². The predicted octanol–water partition coefficient (Wildman–Crippen LogP) is 1.69.